The molecule has 0 bridgehead atoms. The molecule has 0 saturated heterocycles. The molecule has 0 aromatic rings. The van der Waals surface area contributed by atoms with Crippen LogP contribution in [-0.4, -0.2) is 74.2 Å². The Hall–Kier alpha value is -1.59. The lowest BCUT2D eigenvalue weighted by molar-refractivity contribution is -0.193. The van der Waals surface area contributed by atoms with E-state index in [-0.39, 0.29) is 45.5 Å². The molecule has 12 heteroatoms. The predicted molar refractivity (Wildman–Crippen MR) is 113 cm³/mol. The smallest absolute Gasteiger partial charge is 0.422 e. The van der Waals surface area contributed by atoms with E-state index in [4.69, 9.17) is 30.9 Å². The highest BCUT2D eigenvalue weighted by Crippen LogP contribution is 2.42. The van der Waals surface area contributed by atoms with Crippen molar-refractivity contribution < 1.29 is 51.6 Å². The number of halogens is 4. The van der Waals surface area contributed by atoms with Crippen LogP contribution in [-0.2, 0) is 33.3 Å². The van der Waals surface area contributed by atoms with Crippen LogP contribution in [0, 0.1) is 10.8 Å². The Bertz CT molecular complexity index is 656. The standard InChI is InChI=1S/C21H34ClF3O8/c1-6-18(2,15(27)33-14-21(23,24)25)7-8-19(3,16(28)31-10-9-26)13-20(4,22)17(29)32-12-11-30-5/h26H,6-14H2,1-5H3. The minimum absolute atomic E-state index is 0.0450. The number of carbonyl (C=O) groups is 3. The zero-order valence-electron chi connectivity index (χ0n) is 19.7. The summed E-state index contributed by atoms with van der Waals surface area (Å²) < 4.78 is 56.7. The molecule has 0 aliphatic rings. The molecule has 0 heterocycles. The van der Waals surface area contributed by atoms with Gasteiger partial charge >= 0.3 is 24.1 Å². The molecule has 8 nitrogen and oxygen atoms in total. The van der Waals surface area contributed by atoms with Gasteiger partial charge in [0.25, 0.3) is 0 Å². The molecule has 1 N–H and O–H groups in total. The van der Waals surface area contributed by atoms with Gasteiger partial charge in [0.2, 0.25) is 0 Å². The molecule has 0 saturated carbocycles. The summed E-state index contributed by atoms with van der Waals surface area (Å²) in [6.45, 7) is 3.50. The van der Waals surface area contributed by atoms with Crippen molar-refractivity contribution in [2.45, 2.75) is 64.4 Å². The SMILES string of the molecule is CCC(C)(CCC(C)(CC(C)(Cl)C(=O)OCCOC)C(=O)OCCO)C(=O)OCC(F)(F)F. The molecule has 0 aromatic heterocycles. The lowest BCUT2D eigenvalue weighted by atomic mass is 9.72. The largest absolute Gasteiger partial charge is 0.463 e. The first-order chi connectivity index (χ1) is 15.1. The molecule has 194 valence electrons. The van der Waals surface area contributed by atoms with E-state index < -0.39 is 53.0 Å². The fraction of sp³-hybridized carbons (Fsp3) is 0.857. The van der Waals surface area contributed by atoms with Crippen LogP contribution in [0.4, 0.5) is 13.2 Å². The molecular weight excluding hydrogens is 473 g/mol. The van der Waals surface area contributed by atoms with Gasteiger partial charge in [0.15, 0.2) is 6.61 Å². The number of rotatable bonds is 15. The van der Waals surface area contributed by atoms with Gasteiger partial charge < -0.3 is 24.1 Å². The number of carbonyl (C=O) groups excluding carboxylic acids is 3. The van der Waals surface area contributed by atoms with Gasteiger partial charge in [-0.15, -0.1) is 11.6 Å². The van der Waals surface area contributed by atoms with Crippen molar-refractivity contribution in [1.82, 2.24) is 0 Å². The van der Waals surface area contributed by atoms with E-state index in [0.29, 0.717) is 0 Å². The van der Waals surface area contributed by atoms with Crippen LogP contribution in [0.2, 0.25) is 0 Å². The molecular formula is C21H34ClF3O8. The first-order valence-corrected chi connectivity index (χ1v) is 10.8. The molecule has 0 aliphatic carbocycles. The summed E-state index contributed by atoms with van der Waals surface area (Å²) in [6.07, 6.45) is -4.89. The maximum atomic E-state index is 12.8. The number of ether oxygens (including phenoxy) is 4. The van der Waals surface area contributed by atoms with Crippen molar-refractivity contribution >= 4 is 29.5 Å². The molecule has 0 fully saturated rings. The number of aliphatic hydroxyl groups excluding tert-OH is 1. The Kier molecular flexibility index (Phi) is 12.7. The van der Waals surface area contributed by atoms with Gasteiger partial charge in [-0.3, -0.25) is 14.4 Å². The zero-order chi connectivity index (χ0) is 25.9. The highest BCUT2D eigenvalue weighted by atomic mass is 35.5. The maximum absolute atomic E-state index is 12.8. The highest BCUT2D eigenvalue weighted by Gasteiger charge is 2.47. The average Bonchev–Trinajstić information content (AvgIpc) is 2.73. The van der Waals surface area contributed by atoms with E-state index in [9.17, 15) is 27.6 Å². The van der Waals surface area contributed by atoms with E-state index in [1.54, 1.807) is 6.92 Å². The van der Waals surface area contributed by atoms with Crippen LogP contribution in [0.15, 0.2) is 0 Å². The number of esters is 3. The second-order valence-corrected chi connectivity index (χ2v) is 9.36. The minimum Gasteiger partial charge on any atom is -0.463 e. The van der Waals surface area contributed by atoms with Crippen molar-refractivity contribution in [2.75, 3.05) is 40.1 Å². The van der Waals surface area contributed by atoms with Crippen molar-refractivity contribution in [3.05, 3.63) is 0 Å². The normalized spacial score (nSPS) is 17.3. The number of methoxy groups -OCH3 is 1. The molecule has 0 spiro atoms. The fourth-order valence-corrected chi connectivity index (χ4v) is 3.39. The second-order valence-electron chi connectivity index (χ2n) is 8.53. The molecule has 0 aliphatic heterocycles. The van der Waals surface area contributed by atoms with E-state index in [0.717, 1.165) is 0 Å². The van der Waals surface area contributed by atoms with Crippen molar-refractivity contribution in [2.24, 2.45) is 10.8 Å². The van der Waals surface area contributed by atoms with Gasteiger partial charge in [-0.25, -0.2) is 0 Å². The average molecular weight is 507 g/mol. The summed E-state index contributed by atoms with van der Waals surface area (Å²) in [4.78, 5) is 35.9. The monoisotopic (exact) mass is 506 g/mol. The number of alkyl halides is 4. The lowest BCUT2D eigenvalue weighted by Crippen LogP contribution is -2.43. The van der Waals surface area contributed by atoms with Gasteiger partial charge in [0.05, 0.1) is 24.0 Å². The fourth-order valence-electron chi connectivity index (χ4n) is 3.04. The topological polar surface area (TPSA) is 108 Å². The molecule has 0 aromatic carbocycles. The first kappa shape index (κ1) is 31.4. The summed E-state index contributed by atoms with van der Waals surface area (Å²) in [7, 11) is 1.42. The number of hydrogen-bond donors (Lipinski definition) is 1. The first-order valence-electron chi connectivity index (χ1n) is 10.4. The molecule has 3 unspecified atom stereocenters. The predicted octanol–water partition coefficient (Wildman–Crippen LogP) is 3.41. The summed E-state index contributed by atoms with van der Waals surface area (Å²) in [6, 6.07) is 0. The quantitative estimate of drug-likeness (QED) is 0.156. The van der Waals surface area contributed by atoms with Crippen molar-refractivity contribution in [1.29, 1.82) is 0 Å². The minimum atomic E-state index is -4.67. The highest BCUT2D eigenvalue weighted by molar-refractivity contribution is 6.33. The summed E-state index contributed by atoms with van der Waals surface area (Å²) in [5.41, 5.74) is -2.75. The van der Waals surface area contributed by atoms with E-state index in [2.05, 4.69) is 4.74 Å². The van der Waals surface area contributed by atoms with Crippen LogP contribution in [0.5, 0.6) is 0 Å². The maximum Gasteiger partial charge on any atom is 0.422 e. The molecule has 0 rings (SSSR count). The summed E-state index contributed by atoms with van der Waals surface area (Å²) >= 11 is 6.39. The summed E-state index contributed by atoms with van der Waals surface area (Å²) in [5, 5.41) is 8.97. The van der Waals surface area contributed by atoms with Crippen molar-refractivity contribution in [3.63, 3.8) is 0 Å². The number of hydrogen-bond acceptors (Lipinski definition) is 8. The van der Waals surface area contributed by atoms with Gasteiger partial charge in [0, 0.05) is 7.11 Å². The van der Waals surface area contributed by atoms with Gasteiger partial charge in [-0.05, 0) is 46.5 Å². The molecule has 33 heavy (non-hydrogen) atoms. The van der Waals surface area contributed by atoms with E-state index >= 15 is 0 Å². The second kappa shape index (κ2) is 13.3. The van der Waals surface area contributed by atoms with Crippen molar-refractivity contribution in [3.8, 4) is 0 Å². The number of aliphatic hydroxyl groups is 1. The van der Waals surface area contributed by atoms with Crippen LogP contribution in [0.3, 0.4) is 0 Å². The third-order valence-corrected chi connectivity index (χ3v) is 5.64. The van der Waals surface area contributed by atoms with Crippen LogP contribution in [0.25, 0.3) is 0 Å². The van der Waals surface area contributed by atoms with Crippen LogP contribution in [0.1, 0.15) is 53.4 Å². The molecule has 3 atom stereocenters. The lowest BCUT2D eigenvalue weighted by Gasteiger charge is -2.36. The Balaban J connectivity index is 5.60. The Morgan fingerprint density at radius 2 is 1.36 bits per heavy atom. The van der Waals surface area contributed by atoms with Crippen LogP contribution < -0.4 is 0 Å². The third-order valence-electron chi connectivity index (χ3n) is 5.35. The molecule has 0 amide bonds. The Morgan fingerprint density at radius 1 is 0.848 bits per heavy atom. The van der Waals surface area contributed by atoms with Gasteiger partial charge in [-0.2, -0.15) is 13.2 Å². The third kappa shape index (κ3) is 10.9. The Labute approximate surface area is 197 Å². The van der Waals surface area contributed by atoms with E-state index in [1.807, 2.05) is 0 Å². The van der Waals surface area contributed by atoms with E-state index in [1.165, 1.54) is 27.9 Å². The van der Waals surface area contributed by atoms with Gasteiger partial charge in [0.1, 0.15) is 18.1 Å². The van der Waals surface area contributed by atoms with Crippen LogP contribution >= 0.6 is 11.6 Å². The zero-order valence-corrected chi connectivity index (χ0v) is 20.4. The Morgan fingerprint density at radius 3 is 1.85 bits per heavy atom. The summed E-state index contributed by atoms with van der Waals surface area (Å²) in [5.74, 6) is -2.64. The molecule has 0 radical (unpaired) electrons. The van der Waals surface area contributed by atoms with Gasteiger partial charge in [-0.1, -0.05) is 6.92 Å².